The van der Waals surface area contributed by atoms with Gasteiger partial charge in [-0.25, -0.2) is 19.2 Å². The number of alkyl halides is 3. The lowest BCUT2D eigenvalue weighted by Crippen LogP contribution is -2.41. The van der Waals surface area contributed by atoms with E-state index in [2.05, 4.69) is 20.3 Å². The highest BCUT2D eigenvalue weighted by atomic mass is 19.4. The Morgan fingerprint density at radius 2 is 1.80 bits per heavy atom. The number of benzene rings is 2. The Bertz CT molecular complexity index is 1780. The van der Waals surface area contributed by atoms with Crippen LogP contribution in [-0.2, 0) is 5.60 Å². The largest absolute Gasteiger partial charge is 0.421 e. The summed E-state index contributed by atoms with van der Waals surface area (Å²) < 4.78 is 54.5. The highest BCUT2D eigenvalue weighted by Crippen LogP contribution is 2.39. The number of carbonyl (C=O) groups is 2. The van der Waals surface area contributed by atoms with E-state index < -0.39 is 29.1 Å². The number of hydrogen-bond donors (Lipinski definition) is 3. The molecule has 0 saturated heterocycles. The van der Waals surface area contributed by atoms with Gasteiger partial charge in [-0.05, 0) is 67.3 Å². The number of nitrogens with zero attached hydrogens (tertiary/aromatic N) is 4. The average molecular weight is 611 g/mol. The van der Waals surface area contributed by atoms with Crippen LogP contribution in [-0.4, -0.2) is 75.2 Å². The van der Waals surface area contributed by atoms with Crippen molar-refractivity contribution in [3.8, 4) is 11.3 Å². The minimum absolute atomic E-state index is 0.0169. The topological polar surface area (TPSA) is 114 Å². The number of halogens is 4. The van der Waals surface area contributed by atoms with E-state index in [1.807, 2.05) is 12.1 Å². The van der Waals surface area contributed by atoms with E-state index >= 15 is 0 Å². The monoisotopic (exact) mass is 610 g/mol. The number of urea groups is 1. The van der Waals surface area contributed by atoms with Gasteiger partial charge in [0.2, 0.25) is 0 Å². The van der Waals surface area contributed by atoms with Crippen LogP contribution in [0.5, 0.6) is 0 Å². The third kappa shape index (κ3) is 5.74. The third-order valence-corrected chi connectivity index (χ3v) is 7.77. The first-order valence-corrected chi connectivity index (χ1v) is 13.7. The molecule has 0 aliphatic carbocycles. The molecule has 1 atom stereocenters. The number of H-pyrrole nitrogens is 1. The van der Waals surface area contributed by atoms with Gasteiger partial charge in [0.15, 0.2) is 5.60 Å². The molecule has 0 saturated carbocycles. The molecule has 1 aliphatic rings. The number of nitrogens with one attached hydrogen (secondary N) is 2. The van der Waals surface area contributed by atoms with Gasteiger partial charge in [0, 0.05) is 55.1 Å². The maximum Gasteiger partial charge on any atom is 0.421 e. The van der Waals surface area contributed by atoms with Crippen molar-refractivity contribution >= 4 is 34.2 Å². The predicted octanol–water partition coefficient (Wildman–Crippen LogP) is 5.87. The fourth-order valence-electron chi connectivity index (χ4n) is 5.06. The average Bonchev–Trinajstić information content (AvgIpc) is 3.43. The summed E-state index contributed by atoms with van der Waals surface area (Å²) in [6, 6.07) is 8.61. The fourth-order valence-corrected chi connectivity index (χ4v) is 5.06. The summed E-state index contributed by atoms with van der Waals surface area (Å²) >= 11 is 0. The maximum absolute atomic E-state index is 14.9. The predicted molar refractivity (Wildman–Crippen MR) is 157 cm³/mol. The second-order valence-electron chi connectivity index (χ2n) is 11.0. The van der Waals surface area contributed by atoms with Gasteiger partial charge in [0.1, 0.15) is 17.8 Å². The number of rotatable bonds is 5. The molecule has 0 radical (unpaired) electrons. The number of amides is 3. The zero-order valence-corrected chi connectivity index (χ0v) is 24.4. The summed E-state index contributed by atoms with van der Waals surface area (Å²) in [5.74, 6) is -1.31. The summed E-state index contributed by atoms with van der Waals surface area (Å²) in [6.07, 6.45) is -0.955. The van der Waals surface area contributed by atoms with Gasteiger partial charge in [0.05, 0.1) is 5.69 Å². The zero-order chi connectivity index (χ0) is 32.0. The van der Waals surface area contributed by atoms with Crippen LogP contribution in [0.4, 0.5) is 28.0 Å². The van der Waals surface area contributed by atoms with Crippen molar-refractivity contribution in [2.24, 2.45) is 0 Å². The normalized spacial score (nSPS) is 15.1. The molecule has 0 bridgehead atoms. The molecule has 5 rings (SSSR count). The van der Waals surface area contributed by atoms with Crippen LogP contribution in [0.15, 0.2) is 54.9 Å². The van der Waals surface area contributed by atoms with Crippen molar-refractivity contribution in [2.75, 3.05) is 32.5 Å². The van der Waals surface area contributed by atoms with E-state index in [9.17, 15) is 32.3 Å². The summed E-state index contributed by atoms with van der Waals surface area (Å²) in [7, 11) is 3.41. The second kappa shape index (κ2) is 11.4. The molecule has 3 heterocycles. The van der Waals surface area contributed by atoms with Crippen molar-refractivity contribution in [1.29, 1.82) is 0 Å². The molecule has 2 aromatic carbocycles. The molecular formula is C31H30F4N6O3. The number of aliphatic hydroxyl groups is 1. The summed E-state index contributed by atoms with van der Waals surface area (Å²) in [4.78, 5) is 40.6. The number of hydrogen-bond acceptors (Lipinski definition) is 5. The van der Waals surface area contributed by atoms with Crippen molar-refractivity contribution in [2.45, 2.75) is 32.0 Å². The standard InChI is InChI=1S/C31H30F4N6O3/c1-17-22(13-21(32)14-24(17)39-28(42)19-5-7-20(8-6-19)30(2,44)31(33,34)35)26-23-15-25(38-27(23)37-16-36-26)18-9-11-41(12-10-18)29(43)40(3)4/h5-9,13-16,44H,10-12H2,1-4H3,(H,39,42)(H,36,37,38). The van der Waals surface area contributed by atoms with Crippen LogP contribution in [0.25, 0.3) is 27.9 Å². The molecule has 3 amide bonds. The number of fused-ring (bicyclic) bond motifs is 1. The van der Waals surface area contributed by atoms with Crippen LogP contribution in [0, 0.1) is 12.7 Å². The van der Waals surface area contributed by atoms with Gasteiger partial charge in [-0.1, -0.05) is 18.2 Å². The van der Waals surface area contributed by atoms with E-state index in [4.69, 9.17) is 0 Å². The minimum atomic E-state index is -4.90. The Hall–Kier alpha value is -4.78. The summed E-state index contributed by atoms with van der Waals surface area (Å²) in [5, 5.41) is 13.2. The van der Waals surface area contributed by atoms with Crippen molar-refractivity contribution in [3.63, 3.8) is 0 Å². The first kappa shape index (κ1) is 30.7. The van der Waals surface area contributed by atoms with E-state index in [1.54, 1.807) is 25.9 Å². The molecule has 0 spiro atoms. The SMILES string of the molecule is Cc1c(NC(=O)c2ccc(C(C)(O)C(F)(F)F)cc2)cc(F)cc1-c1ncnc2[nH]c(C3=CCN(C(=O)N(C)C)CC3)cc12. The minimum Gasteiger partial charge on any atom is -0.376 e. The molecule has 13 heteroatoms. The molecule has 44 heavy (non-hydrogen) atoms. The Kier molecular flexibility index (Phi) is 7.93. The lowest BCUT2D eigenvalue weighted by atomic mass is 9.94. The Morgan fingerprint density at radius 1 is 1.09 bits per heavy atom. The summed E-state index contributed by atoms with van der Waals surface area (Å²) in [6.45, 7) is 3.32. The highest BCUT2D eigenvalue weighted by molar-refractivity contribution is 6.05. The Balaban J connectivity index is 1.42. The fraction of sp³-hybridized carbons (Fsp3) is 0.290. The van der Waals surface area contributed by atoms with Crippen LogP contribution < -0.4 is 5.32 Å². The van der Waals surface area contributed by atoms with Gasteiger partial charge >= 0.3 is 12.2 Å². The molecule has 2 aromatic heterocycles. The number of aromatic nitrogens is 3. The van der Waals surface area contributed by atoms with E-state index in [0.717, 1.165) is 41.6 Å². The molecule has 4 aromatic rings. The van der Waals surface area contributed by atoms with Crippen LogP contribution in [0.2, 0.25) is 0 Å². The van der Waals surface area contributed by atoms with Crippen LogP contribution in [0.1, 0.15) is 40.5 Å². The molecule has 1 unspecified atom stereocenters. The number of carbonyl (C=O) groups excluding carboxylic acids is 2. The molecule has 3 N–H and O–H groups in total. The Morgan fingerprint density at radius 3 is 2.41 bits per heavy atom. The van der Waals surface area contributed by atoms with Crippen molar-refractivity contribution < 1.29 is 32.3 Å². The quantitative estimate of drug-likeness (QED) is 0.245. The van der Waals surface area contributed by atoms with E-state index in [0.29, 0.717) is 54.3 Å². The molecule has 0 fully saturated rings. The second-order valence-corrected chi connectivity index (χ2v) is 11.0. The van der Waals surface area contributed by atoms with Crippen LogP contribution in [0.3, 0.4) is 0 Å². The lowest BCUT2D eigenvalue weighted by molar-refractivity contribution is -0.258. The number of anilines is 1. The zero-order valence-electron chi connectivity index (χ0n) is 24.4. The van der Waals surface area contributed by atoms with Crippen LogP contribution >= 0.6 is 0 Å². The first-order chi connectivity index (χ1) is 20.7. The van der Waals surface area contributed by atoms with Gasteiger partial charge in [-0.3, -0.25) is 4.79 Å². The first-order valence-electron chi connectivity index (χ1n) is 13.7. The maximum atomic E-state index is 14.9. The smallest absolute Gasteiger partial charge is 0.376 e. The Labute approximate surface area is 250 Å². The molecule has 9 nitrogen and oxygen atoms in total. The van der Waals surface area contributed by atoms with E-state index in [1.165, 1.54) is 17.3 Å². The molecular weight excluding hydrogens is 580 g/mol. The summed E-state index contributed by atoms with van der Waals surface area (Å²) in [5.41, 5.74) is 0.347. The third-order valence-electron chi connectivity index (χ3n) is 7.77. The van der Waals surface area contributed by atoms with Gasteiger partial charge < -0.3 is 25.2 Å². The van der Waals surface area contributed by atoms with Gasteiger partial charge in [-0.2, -0.15) is 13.2 Å². The molecule has 1 aliphatic heterocycles. The van der Waals surface area contributed by atoms with E-state index in [-0.39, 0.29) is 17.3 Å². The van der Waals surface area contributed by atoms with Crippen molar-refractivity contribution in [3.05, 3.63) is 83.1 Å². The van der Waals surface area contributed by atoms with Gasteiger partial charge in [-0.15, -0.1) is 0 Å². The molecule has 230 valence electrons. The van der Waals surface area contributed by atoms with Crippen molar-refractivity contribution in [1.82, 2.24) is 24.8 Å². The van der Waals surface area contributed by atoms with Gasteiger partial charge in [0.25, 0.3) is 5.91 Å². The lowest BCUT2D eigenvalue weighted by Gasteiger charge is -2.28. The number of aromatic amines is 1. The highest BCUT2D eigenvalue weighted by Gasteiger charge is 2.51.